The van der Waals surface area contributed by atoms with E-state index >= 15 is 0 Å². The van der Waals surface area contributed by atoms with Crippen LogP contribution in [0.5, 0.6) is 17.2 Å². The van der Waals surface area contributed by atoms with Crippen LogP contribution in [0.25, 0.3) is 6.08 Å². The summed E-state index contributed by atoms with van der Waals surface area (Å²) in [5.74, 6) is 0.392. The van der Waals surface area contributed by atoms with Gasteiger partial charge in [0.25, 0.3) is 0 Å². The maximum atomic E-state index is 12.4. The molecule has 0 unspecified atom stereocenters. The number of esters is 2. The van der Waals surface area contributed by atoms with E-state index in [1.165, 1.54) is 7.11 Å². The summed E-state index contributed by atoms with van der Waals surface area (Å²) in [6.07, 6.45) is 1.58. The third kappa shape index (κ3) is 4.52. The molecule has 0 N–H and O–H groups in total. The average molecular weight is 429 g/mol. The van der Waals surface area contributed by atoms with E-state index < -0.39 is 11.9 Å². The van der Waals surface area contributed by atoms with Gasteiger partial charge in [0.2, 0.25) is 5.90 Å². The van der Waals surface area contributed by atoms with Crippen LogP contribution in [0.1, 0.15) is 21.5 Å². The molecule has 7 nitrogen and oxygen atoms in total. The van der Waals surface area contributed by atoms with E-state index in [4.69, 9.17) is 18.9 Å². The Bertz CT molecular complexity index is 1210. The zero-order chi connectivity index (χ0) is 22.5. The van der Waals surface area contributed by atoms with Crippen molar-refractivity contribution in [2.45, 2.75) is 0 Å². The van der Waals surface area contributed by atoms with Gasteiger partial charge in [0.1, 0.15) is 5.75 Å². The third-order valence-electron chi connectivity index (χ3n) is 4.66. The molecule has 0 saturated heterocycles. The summed E-state index contributed by atoms with van der Waals surface area (Å²) >= 11 is 0. The fourth-order valence-corrected chi connectivity index (χ4v) is 3.02. The number of benzene rings is 3. The molecule has 0 amide bonds. The molecular weight excluding hydrogens is 410 g/mol. The number of methoxy groups -OCH3 is 2. The van der Waals surface area contributed by atoms with Crippen molar-refractivity contribution in [3.05, 3.63) is 95.2 Å². The molecule has 3 aromatic rings. The molecular formula is C25H19NO6. The second-order valence-electron chi connectivity index (χ2n) is 6.73. The van der Waals surface area contributed by atoms with Gasteiger partial charge in [-0.05, 0) is 60.2 Å². The fraction of sp³-hybridized carbons (Fsp3) is 0.0800. The first-order valence-corrected chi connectivity index (χ1v) is 9.69. The summed E-state index contributed by atoms with van der Waals surface area (Å²) in [4.78, 5) is 29.0. The second-order valence-corrected chi connectivity index (χ2v) is 6.73. The molecule has 0 aliphatic carbocycles. The summed E-state index contributed by atoms with van der Waals surface area (Å²) in [5, 5.41) is 0. The Morgan fingerprint density at radius 2 is 1.66 bits per heavy atom. The van der Waals surface area contributed by atoms with E-state index in [0.717, 1.165) is 0 Å². The molecule has 160 valence electrons. The third-order valence-corrected chi connectivity index (χ3v) is 4.66. The van der Waals surface area contributed by atoms with E-state index in [1.807, 2.05) is 30.3 Å². The van der Waals surface area contributed by atoms with Crippen LogP contribution in [0.2, 0.25) is 0 Å². The van der Waals surface area contributed by atoms with Crippen molar-refractivity contribution in [2.75, 3.05) is 14.2 Å². The monoisotopic (exact) mass is 429 g/mol. The maximum Gasteiger partial charge on any atom is 0.363 e. The molecule has 0 fully saturated rings. The first-order valence-electron chi connectivity index (χ1n) is 9.69. The Morgan fingerprint density at radius 3 is 2.34 bits per heavy atom. The number of carbonyl (C=O) groups excluding carboxylic acids is 2. The van der Waals surface area contributed by atoms with E-state index in [0.29, 0.717) is 28.2 Å². The summed E-state index contributed by atoms with van der Waals surface area (Å²) in [6, 6.07) is 20.7. The smallest absolute Gasteiger partial charge is 0.363 e. The summed E-state index contributed by atoms with van der Waals surface area (Å²) in [5.41, 5.74) is 1.88. The highest BCUT2D eigenvalue weighted by molar-refractivity contribution is 6.12. The molecule has 7 heteroatoms. The van der Waals surface area contributed by atoms with Crippen LogP contribution < -0.4 is 14.2 Å². The molecule has 1 aliphatic rings. The Morgan fingerprint density at radius 1 is 0.906 bits per heavy atom. The molecule has 0 bridgehead atoms. The van der Waals surface area contributed by atoms with E-state index in [2.05, 4.69) is 4.99 Å². The Hall–Kier alpha value is -4.39. The molecule has 1 heterocycles. The first kappa shape index (κ1) is 20.9. The van der Waals surface area contributed by atoms with Gasteiger partial charge in [0, 0.05) is 5.56 Å². The number of ether oxygens (including phenoxy) is 4. The average Bonchev–Trinajstić information content (AvgIpc) is 3.20. The molecule has 1 aliphatic heterocycles. The molecule has 0 radical (unpaired) electrons. The van der Waals surface area contributed by atoms with Crippen LogP contribution in [0.3, 0.4) is 0 Å². The van der Waals surface area contributed by atoms with Gasteiger partial charge in [0.05, 0.1) is 19.8 Å². The van der Waals surface area contributed by atoms with Gasteiger partial charge >= 0.3 is 11.9 Å². The minimum absolute atomic E-state index is 0.161. The van der Waals surface area contributed by atoms with Gasteiger partial charge in [-0.2, -0.15) is 0 Å². The summed E-state index contributed by atoms with van der Waals surface area (Å²) < 4.78 is 21.2. The molecule has 0 aromatic heterocycles. The van der Waals surface area contributed by atoms with Crippen molar-refractivity contribution in [1.29, 1.82) is 0 Å². The zero-order valence-electron chi connectivity index (χ0n) is 17.4. The molecule has 0 spiro atoms. The molecule has 3 aromatic carbocycles. The van der Waals surface area contributed by atoms with Crippen LogP contribution in [-0.2, 0) is 9.53 Å². The van der Waals surface area contributed by atoms with Crippen LogP contribution in [0.4, 0.5) is 0 Å². The highest BCUT2D eigenvalue weighted by atomic mass is 16.6. The Balaban J connectivity index is 1.55. The predicted octanol–water partition coefficient (Wildman–Crippen LogP) is 4.27. The van der Waals surface area contributed by atoms with Crippen LogP contribution in [0, 0.1) is 0 Å². The lowest BCUT2D eigenvalue weighted by Gasteiger charge is -2.10. The second kappa shape index (κ2) is 9.18. The van der Waals surface area contributed by atoms with Crippen LogP contribution >= 0.6 is 0 Å². The van der Waals surface area contributed by atoms with Crippen molar-refractivity contribution >= 4 is 23.9 Å². The summed E-state index contributed by atoms with van der Waals surface area (Å²) in [6.45, 7) is 0. The normalized spacial score (nSPS) is 14.0. The first-order chi connectivity index (χ1) is 15.6. The van der Waals surface area contributed by atoms with Crippen LogP contribution in [0.15, 0.2) is 83.5 Å². The number of hydrogen-bond donors (Lipinski definition) is 0. The largest absolute Gasteiger partial charge is 0.497 e. The quantitative estimate of drug-likeness (QED) is 0.331. The number of carbonyl (C=O) groups is 2. The van der Waals surface area contributed by atoms with E-state index in [9.17, 15) is 9.59 Å². The number of aliphatic imine (C=N–C) groups is 1. The van der Waals surface area contributed by atoms with E-state index in [1.54, 1.807) is 55.7 Å². The standard InChI is InChI=1S/C25H19NO6/c1-29-19-11-9-18(10-12-19)24(27)31-21-13-8-16(15-22(21)30-2)14-20-25(28)32-23(26-20)17-6-4-3-5-7-17/h3-15H,1-2H3/b20-14-. The van der Waals surface area contributed by atoms with Crippen molar-refractivity contribution in [2.24, 2.45) is 4.99 Å². The van der Waals surface area contributed by atoms with Crippen molar-refractivity contribution in [3.8, 4) is 17.2 Å². The van der Waals surface area contributed by atoms with Gasteiger partial charge in [-0.3, -0.25) is 0 Å². The SMILES string of the molecule is COc1ccc(C(=O)Oc2ccc(/C=C3\N=C(c4ccccc4)OC3=O)cc2OC)cc1. The van der Waals surface area contributed by atoms with Gasteiger partial charge in [0.15, 0.2) is 17.2 Å². The van der Waals surface area contributed by atoms with E-state index in [-0.39, 0.29) is 17.3 Å². The topological polar surface area (TPSA) is 83.4 Å². The molecule has 0 saturated carbocycles. The highest BCUT2D eigenvalue weighted by Crippen LogP contribution is 2.30. The maximum absolute atomic E-state index is 12.4. The van der Waals surface area contributed by atoms with Gasteiger partial charge < -0.3 is 18.9 Å². The van der Waals surface area contributed by atoms with Gasteiger partial charge in [-0.15, -0.1) is 0 Å². The lowest BCUT2D eigenvalue weighted by Crippen LogP contribution is -2.09. The molecule has 32 heavy (non-hydrogen) atoms. The zero-order valence-corrected chi connectivity index (χ0v) is 17.4. The highest BCUT2D eigenvalue weighted by Gasteiger charge is 2.24. The molecule has 4 rings (SSSR count). The number of rotatable bonds is 6. The fourth-order valence-electron chi connectivity index (χ4n) is 3.02. The molecule has 0 atom stereocenters. The Kier molecular flexibility index (Phi) is 5.98. The van der Waals surface area contributed by atoms with Gasteiger partial charge in [-0.1, -0.05) is 24.3 Å². The number of cyclic esters (lactones) is 1. The summed E-state index contributed by atoms with van der Waals surface area (Å²) in [7, 11) is 3.01. The van der Waals surface area contributed by atoms with Crippen molar-refractivity contribution < 1.29 is 28.5 Å². The minimum atomic E-state index is -0.544. The Labute approximate surface area is 184 Å². The number of nitrogens with zero attached hydrogens (tertiary/aromatic N) is 1. The minimum Gasteiger partial charge on any atom is -0.497 e. The van der Waals surface area contributed by atoms with Gasteiger partial charge in [-0.25, -0.2) is 14.6 Å². The van der Waals surface area contributed by atoms with Crippen molar-refractivity contribution in [1.82, 2.24) is 0 Å². The van der Waals surface area contributed by atoms with Crippen molar-refractivity contribution in [3.63, 3.8) is 0 Å². The lowest BCUT2D eigenvalue weighted by molar-refractivity contribution is -0.129. The predicted molar refractivity (Wildman–Crippen MR) is 118 cm³/mol. The number of hydrogen-bond acceptors (Lipinski definition) is 7. The lowest BCUT2D eigenvalue weighted by atomic mass is 10.1. The van der Waals surface area contributed by atoms with Crippen LogP contribution in [-0.4, -0.2) is 32.1 Å².